The van der Waals surface area contributed by atoms with Crippen molar-refractivity contribution in [1.29, 1.82) is 0 Å². The number of hydrogen-bond donors (Lipinski definition) is 2. The molecule has 1 aromatic rings. The highest BCUT2D eigenvalue weighted by molar-refractivity contribution is 5.54. The molecule has 0 radical (unpaired) electrons. The van der Waals surface area contributed by atoms with Gasteiger partial charge in [-0.05, 0) is 31.2 Å². The maximum absolute atomic E-state index is 13.3. The molecule has 15 heavy (non-hydrogen) atoms. The van der Waals surface area contributed by atoms with Crippen LogP contribution in [0.15, 0.2) is 18.2 Å². The number of halogens is 1. The SMILES string of the molecule is Nc1ccc(N2CCCNCC2)cc1F. The summed E-state index contributed by atoms with van der Waals surface area (Å²) in [4.78, 5) is 2.18. The molecule has 82 valence electrons. The van der Waals surface area contributed by atoms with Crippen molar-refractivity contribution < 1.29 is 4.39 Å². The highest BCUT2D eigenvalue weighted by Crippen LogP contribution is 2.20. The molecule has 1 saturated heterocycles. The van der Waals surface area contributed by atoms with Crippen LogP contribution in [-0.4, -0.2) is 26.2 Å². The molecule has 0 amide bonds. The third kappa shape index (κ3) is 2.39. The number of hydrogen-bond acceptors (Lipinski definition) is 3. The molecule has 0 aromatic heterocycles. The molecular formula is C11H16FN3. The van der Waals surface area contributed by atoms with E-state index in [1.807, 2.05) is 6.07 Å². The van der Waals surface area contributed by atoms with Crippen LogP contribution in [0, 0.1) is 5.82 Å². The summed E-state index contributed by atoms with van der Waals surface area (Å²) in [6.07, 6.45) is 1.09. The summed E-state index contributed by atoms with van der Waals surface area (Å²) in [7, 11) is 0. The lowest BCUT2D eigenvalue weighted by molar-refractivity contribution is 0.631. The fourth-order valence-corrected chi connectivity index (χ4v) is 1.82. The molecule has 0 saturated carbocycles. The van der Waals surface area contributed by atoms with Crippen molar-refractivity contribution in [2.45, 2.75) is 6.42 Å². The van der Waals surface area contributed by atoms with Crippen LogP contribution in [0.4, 0.5) is 15.8 Å². The highest BCUT2D eigenvalue weighted by Gasteiger charge is 2.10. The summed E-state index contributed by atoms with van der Waals surface area (Å²) in [6.45, 7) is 3.87. The summed E-state index contributed by atoms with van der Waals surface area (Å²) >= 11 is 0. The Bertz CT molecular complexity index is 333. The van der Waals surface area contributed by atoms with Crippen molar-refractivity contribution in [2.75, 3.05) is 36.8 Å². The van der Waals surface area contributed by atoms with Crippen LogP contribution in [0.2, 0.25) is 0 Å². The first-order valence-electron chi connectivity index (χ1n) is 5.28. The number of nitrogens with zero attached hydrogens (tertiary/aromatic N) is 1. The number of nitrogen functional groups attached to an aromatic ring is 1. The zero-order valence-electron chi connectivity index (χ0n) is 8.67. The number of benzene rings is 1. The molecule has 4 heteroatoms. The van der Waals surface area contributed by atoms with Gasteiger partial charge in [0.15, 0.2) is 0 Å². The van der Waals surface area contributed by atoms with Crippen molar-refractivity contribution in [3.63, 3.8) is 0 Å². The van der Waals surface area contributed by atoms with Gasteiger partial charge in [-0.15, -0.1) is 0 Å². The van der Waals surface area contributed by atoms with Crippen LogP contribution in [0.1, 0.15) is 6.42 Å². The molecule has 1 aliphatic heterocycles. The second-order valence-corrected chi connectivity index (χ2v) is 3.80. The summed E-state index contributed by atoms with van der Waals surface area (Å²) in [5, 5.41) is 3.31. The first kappa shape index (κ1) is 10.2. The molecular weight excluding hydrogens is 193 g/mol. The standard InChI is InChI=1S/C11H16FN3/c12-10-8-9(2-3-11(10)13)15-6-1-4-14-5-7-15/h2-3,8,14H,1,4-7,13H2. The van der Waals surface area contributed by atoms with Crippen LogP contribution < -0.4 is 16.0 Å². The van der Waals surface area contributed by atoms with Gasteiger partial charge in [-0.2, -0.15) is 0 Å². The average Bonchev–Trinajstić information content (AvgIpc) is 2.50. The zero-order valence-corrected chi connectivity index (χ0v) is 8.67. The minimum atomic E-state index is -0.329. The van der Waals surface area contributed by atoms with E-state index in [2.05, 4.69) is 10.2 Å². The Kier molecular flexibility index (Phi) is 3.06. The smallest absolute Gasteiger partial charge is 0.148 e. The normalized spacial score (nSPS) is 17.5. The summed E-state index contributed by atoms with van der Waals surface area (Å²) in [6, 6.07) is 5.02. The van der Waals surface area contributed by atoms with Crippen molar-refractivity contribution in [3.05, 3.63) is 24.0 Å². The third-order valence-electron chi connectivity index (χ3n) is 2.69. The Hall–Kier alpha value is -1.29. The maximum atomic E-state index is 13.3. The van der Waals surface area contributed by atoms with Crippen molar-refractivity contribution in [2.24, 2.45) is 0 Å². The Morgan fingerprint density at radius 3 is 2.93 bits per heavy atom. The zero-order chi connectivity index (χ0) is 10.7. The first-order valence-corrected chi connectivity index (χ1v) is 5.28. The topological polar surface area (TPSA) is 41.3 Å². The quantitative estimate of drug-likeness (QED) is 0.683. The van der Waals surface area contributed by atoms with E-state index in [0.29, 0.717) is 0 Å². The van der Waals surface area contributed by atoms with Gasteiger partial charge in [-0.25, -0.2) is 4.39 Å². The molecule has 3 nitrogen and oxygen atoms in total. The molecule has 1 fully saturated rings. The van der Waals surface area contributed by atoms with Crippen molar-refractivity contribution in [3.8, 4) is 0 Å². The van der Waals surface area contributed by atoms with E-state index in [-0.39, 0.29) is 11.5 Å². The number of rotatable bonds is 1. The number of nitrogens with two attached hydrogens (primary N) is 1. The van der Waals surface area contributed by atoms with E-state index >= 15 is 0 Å². The van der Waals surface area contributed by atoms with Crippen molar-refractivity contribution in [1.82, 2.24) is 5.32 Å². The molecule has 1 aliphatic rings. The number of nitrogens with one attached hydrogen (secondary N) is 1. The van der Waals surface area contributed by atoms with Crippen LogP contribution in [0.5, 0.6) is 0 Å². The Labute approximate surface area is 89.1 Å². The monoisotopic (exact) mass is 209 g/mol. The fourth-order valence-electron chi connectivity index (χ4n) is 1.82. The minimum Gasteiger partial charge on any atom is -0.396 e. The van der Waals surface area contributed by atoms with Gasteiger partial charge in [0.25, 0.3) is 0 Å². The third-order valence-corrected chi connectivity index (χ3v) is 2.69. The van der Waals surface area contributed by atoms with E-state index in [1.165, 1.54) is 6.07 Å². The Morgan fingerprint density at radius 1 is 1.27 bits per heavy atom. The highest BCUT2D eigenvalue weighted by atomic mass is 19.1. The molecule has 2 rings (SSSR count). The average molecular weight is 209 g/mol. The molecule has 1 aromatic carbocycles. The lowest BCUT2D eigenvalue weighted by Crippen LogP contribution is -2.27. The van der Waals surface area contributed by atoms with Gasteiger partial charge < -0.3 is 16.0 Å². The van der Waals surface area contributed by atoms with Crippen molar-refractivity contribution >= 4 is 11.4 Å². The van der Waals surface area contributed by atoms with E-state index in [1.54, 1.807) is 6.07 Å². The van der Waals surface area contributed by atoms with E-state index < -0.39 is 0 Å². The van der Waals surface area contributed by atoms with Crippen LogP contribution in [-0.2, 0) is 0 Å². The fraction of sp³-hybridized carbons (Fsp3) is 0.455. The molecule has 0 unspecified atom stereocenters. The summed E-state index contributed by atoms with van der Waals surface area (Å²) < 4.78 is 13.3. The van der Waals surface area contributed by atoms with Gasteiger partial charge in [-0.3, -0.25) is 0 Å². The number of anilines is 2. The lowest BCUT2D eigenvalue weighted by atomic mass is 10.2. The second kappa shape index (κ2) is 4.49. The Balaban J connectivity index is 2.16. The van der Waals surface area contributed by atoms with Gasteiger partial charge in [-0.1, -0.05) is 0 Å². The van der Waals surface area contributed by atoms with E-state index in [4.69, 9.17) is 5.73 Å². The second-order valence-electron chi connectivity index (χ2n) is 3.80. The predicted octanol–water partition coefficient (Wildman–Crippen LogP) is 1.21. The van der Waals surface area contributed by atoms with Gasteiger partial charge in [0.1, 0.15) is 5.82 Å². The summed E-state index contributed by atoms with van der Waals surface area (Å²) in [5.74, 6) is -0.329. The largest absolute Gasteiger partial charge is 0.396 e. The molecule has 0 bridgehead atoms. The van der Waals surface area contributed by atoms with Crippen LogP contribution >= 0.6 is 0 Å². The molecule has 0 atom stereocenters. The Morgan fingerprint density at radius 2 is 2.13 bits per heavy atom. The molecule has 0 spiro atoms. The van der Waals surface area contributed by atoms with Crippen LogP contribution in [0.25, 0.3) is 0 Å². The van der Waals surface area contributed by atoms with Gasteiger partial charge in [0.2, 0.25) is 0 Å². The molecule has 1 heterocycles. The van der Waals surface area contributed by atoms with Crippen LogP contribution in [0.3, 0.4) is 0 Å². The van der Waals surface area contributed by atoms with E-state index in [0.717, 1.165) is 38.3 Å². The van der Waals surface area contributed by atoms with Gasteiger partial charge in [0.05, 0.1) is 5.69 Å². The van der Waals surface area contributed by atoms with Gasteiger partial charge >= 0.3 is 0 Å². The maximum Gasteiger partial charge on any atom is 0.148 e. The predicted molar refractivity (Wildman–Crippen MR) is 60.5 cm³/mol. The first-order chi connectivity index (χ1) is 7.27. The molecule has 0 aliphatic carbocycles. The lowest BCUT2D eigenvalue weighted by Gasteiger charge is -2.22. The summed E-state index contributed by atoms with van der Waals surface area (Å²) in [5.41, 5.74) is 6.58. The van der Waals surface area contributed by atoms with E-state index in [9.17, 15) is 4.39 Å². The molecule has 3 N–H and O–H groups in total. The minimum absolute atomic E-state index is 0.215. The van der Waals surface area contributed by atoms with Gasteiger partial charge in [0, 0.05) is 25.3 Å².